The molecule has 0 spiro atoms. The lowest BCUT2D eigenvalue weighted by Crippen LogP contribution is -2.46. The third kappa shape index (κ3) is 2.45. The zero-order valence-electron chi connectivity index (χ0n) is 11.7. The van der Waals surface area contributed by atoms with Crippen LogP contribution in [-0.4, -0.2) is 43.1 Å². The van der Waals surface area contributed by atoms with Crippen LogP contribution in [0.15, 0.2) is 28.7 Å². The average Bonchev–Trinajstić information content (AvgIpc) is 2.87. The minimum Gasteiger partial charge on any atom is -0.456 e. The summed E-state index contributed by atoms with van der Waals surface area (Å²) in [5.74, 6) is 2.74. The third-order valence-electron chi connectivity index (χ3n) is 3.96. The largest absolute Gasteiger partial charge is 0.456 e. The fourth-order valence-electron chi connectivity index (χ4n) is 2.78. The fourth-order valence-corrected chi connectivity index (χ4v) is 4.05. The van der Waals surface area contributed by atoms with E-state index in [-0.39, 0.29) is 11.9 Å². The van der Waals surface area contributed by atoms with E-state index >= 15 is 0 Å². The number of nitrogens with one attached hydrogen (secondary N) is 1. The Kier molecular flexibility index (Phi) is 4.01. The number of furan rings is 1. The molecule has 1 saturated heterocycles. The molecule has 3 rings (SSSR count). The monoisotopic (exact) mass is 294 g/mol. The Labute approximate surface area is 122 Å². The highest BCUT2D eigenvalue weighted by Crippen LogP contribution is 2.31. The normalized spacial score (nSPS) is 22.2. The van der Waals surface area contributed by atoms with Gasteiger partial charge in [-0.15, -0.1) is 0 Å². The summed E-state index contributed by atoms with van der Waals surface area (Å²) >= 11 is 1.96. The predicted octanol–water partition coefficient (Wildman–Crippen LogP) is 2.88. The topological polar surface area (TPSA) is 28.4 Å². The summed E-state index contributed by atoms with van der Waals surface area (Å²) in [7, 11) is 4.07. The van der Waals surface area contributed by atoms with Gasteiger partial charge in [0, 0.05) is 29.5 Å². The Bertz CT molecular complexity index is 601. The van der Waals surface area contributed by atoms with E-state index in [1.807, 2.05) is 30.9 Å². The lowest BCUT2D eigenvalue weighted by molar-refractivity contribution is 0.207. The molecule has 1 aliphatic heterocycles. The Morgan fingerprint density at radius 3 is 3.05 bits per heavy atom. The highest BCUT2D eigenvalue weighted by atomic mass is 32.2. The molecule has 0 aliphatic carbocycles. The van der Waals surface area contributed by atoms with Gasteiger partial charge in [0.05, 0.1) is 6.04 Å². The Hall–Kier alpha value is -1.04. The number of halogens is 1. The Morgan fingerprint density at radius 1 is 1.50 bits per heavy atom. The van der Waals surface area contributed by atoms with Crippen molar-refractivity contribution in [2.24, 2.45) is 0 Å². The maximum absolute atomic E-state index is 13.8. The SMILES string of the molecule is CNC(c1cc2cccc(F)c2o1)C1CSCCN1C. The van der Waals surface area contributed by atoms with Gasteiger partial charge >= 0.3 is 0 Å². The van der Waals surface area contributed by atoms with Crippen molar-refractivity contribution in [1.29, 1.82) is 0 Å². The molecule has 20 heavy (non-hydrogen) atoms. The predicted molar refractivity (Wildman–Crippen MR) is 81.7 cm³/mol. The maximum atomic E-state index is 13.8. The van der Waals surface area contributed by atoms with Gasteiger partial charge in [0.2, 0.25) is 0 Å². The van der Waals surface area contributed by atoms with Gasteiger partial charge in [-0.3, -0.25) is 4.90 Å². The van der Waals surface area contributed by atoms with Crippen LogP contribution in [0.25, 0.3) is 11.0 Å². The number of likely N-dealkylation sites (N-methyl/N-ethyl adjacent to an activating group) is 2. The van der Waals surface area contributed by atoms with Crippen LogP contribution >= 0.6 is 11.8 Å². The molecule has 2 unspecified atom stereocenters. The van der Waals surface area contributed by atoms with E-state index in [2.05, 4.69) is 17.3 Å². The molecule has 1 aromatic carbocycles. The summed E-state index contributed by atoms with van der Waals surface area (Å²) < 4.78 is 19.5. The van der Waals surface area contributed by atoms with Crippen molar-refractivity contribution in [3.8, 4) is 0 Å². The number of hydrogen-bond acceptors (Lipinski definition) is 4. The van der Waals surface area contributed by atoms with E-state index in [9.17, 15) is 4.39 Å². The Morgan fingerprint density at radius 2 is 2.35 bits per heavy atom. The molecule has 2 aromatic rings. The van der Waals surface area contributed by atoms with Crippen LogP contribution in [-0.2, 0) is 0 Å². The third-order valence-corrected chi connectivity index (χ3v) is 5.01. The molecule has 0 amide bonds. The molecular formula is C15H19FN2OS. The standard InChI is InChI=1S/C15H19FN2OS/c1-17-14(12-9-20-7-6-18(12)2)13-8-10-4-3-5-11(16)15(10)19-13/h3-5,8,12,14,17H,6-7,9H2,1-2H3. The van der Waals surface area contributed by atoms with Crippen LogP contribution < -0.4 is 5.32 Å². The van der Waals surface area contributed by atoms with Gasteiger partial charge in [0.15, 0.2) is 11.4 Å². The van der Waals surface area contributed by atoms with Crippen LogP contribution in [0, 0.1) is 5.82 Å². The zero-order chi connectivity index (χ0) is 14.1. The molecular weight excluding hydrogens is 275 g/mol. The molecule has 1 aliphatic rings. The number of hydrogen-bond donors (Lipinski definition) is 1. The van der Waals surface area contributed by atoms with Gasteiger partial charge in [-0.25, -0.2) is 4.39 Å². The summed E-state index contributed by atoms with van der Waals surface area (Å²) in [4.78, 5) is 2.35. The summed E-state index contributed by atoms with van der Waals surface area (Å²) in [6.07, 6.45) is 0. The molecule has 1 N–H and O–H groups in total. The fraction of sp³-hybridized carbons (Fsp3) is 0.467. The first kappa shape index (κ1) is 13.9. The van der Waals surface area contributed by atoms with Crippen molar-refractivity contribution in [3.63, 3.8) is 0 Å². The number of fused-ring (bicyclic) bond motifs is 1. The van der Waals surface area contributed by atoms with Crippen LogP contribution in [0.4, 0.5) is 4.39 Å². The van der Waals surface area contributed by atoms with E-state index in [1.54, 1.807) is 6.07 Å². The minimum atomic E-state index is -0.296. The molecule has 2 atom stereocenters. The minimum absolute atomic E-state index is 0.0830. The number of nitrogens with zero attached hydrogens (tertiary/aromatic N) is 1. The number of rotatable bonds is 3. The van der Waals surface area contributed by atoms with Crippen LogP contribution in [0.2, 0.25) is 0 Å². The molecule has 1 aromatic heterocycles. The van der Waals surface area contributed by atoms with E-state index in [4.69, 9.17) is 4.42 Å². The van der Waals surface area contributed by atoms with Crippen molar-refractivity contribution < 1.29 is 8.81 Å². The first-order valence-corrected chi connectivity index (χ1v) is 7.99. The van der Waals surface area contributed by atoms with E-state index in [1.165, 1.54) is 6.07 Å². The smallest absolute Gasteiger partial charge is 0.169 e. The van der Waals surface area contributed by atoms with Crippen LogP contribution in [0.1, 0.15) is 11.8 Å². The molecule has 0 saturated carbocycles. The first-order valence-electron chi connectivity index (χ1n) is 6.84. The molecule has 5 heteroatoms. The summed E-state index contributed by atoms with van der Waals surface area (Å²) in [5.41, 5.74) is 0.355. The van der Waals surface area contributed by atoms with E-state index in [0.717, 1.165) is 29.2 Å². The number of benzene rings is 1. The summed E-state index contributed by atoms with van der Waals surface area (Å²) in [6.45, 7) is 1.07. The highest BCUT2D eigenvalue weighted by molar-refractivity contribution is 7.99. The average molecular weight is 294 g/mol. The second kappa shape index (κ2) is 5.76. The lowest BCUT2D eigenvalue weighted by Gasteiger charge is -2.36. The maximum Gasteiger partial charge on any atom is 0.169 e. The quantitative estimate of drug-likeness (QED) is 0.942. The van der Waals surface area contributed by atoms with E-state index in [0.29, 0.717) is 11.6 Å². The highest BCUT2D eigenvalue weighted by Gasteiger charge is 2.30. The van der Waals surface area contributed by atoms with Crippen molar-refractivity contribution in [3.05, 3.63) is 35.8 Å². The van der Waals surface area contributed by atoms with Crippen LogP contribution in [0.5, 0.6) is 0 Å². The number of thioether (sulfide) groups is 1. The summed E-state index contributed by atoms with van der Waals surface area (Å²) in [5, 5.41) is 4.15. The molecule has 3 nitrogen and oxygen atoms in total. The zero-order valence-corrected chi connectivity index (χ0v) is 12.5. The molecule has 0 radical (unpaired) electrons. The Balaban J connectivity index is 1.96. The van der Waals surface area contributed by atoms with Gasteiger partial charge in [0.1, 0.15) is 5.76 Å². The molecule has 2 heterocycles. The van der Waals surface area contributed by atoms with Crippen molar-refractivity contribution >= 4 is 22.7 Å². The van der Waals surface area contributed by atoms with Crippen molar-refractivity contribution in [2.75, 3.05) is 32.1 Å². The second-order valence-corrected chi connectivity index (χ2v) is 6.35. The second-order valence-electron chi connectivity index (χ2n) is 5.20. The van der Waals surface area contributed by atoms with Gasteiger partial charge in [-0.1, -0.05) is 12.1 Å². The van der Waals surface area contributed by atoms with Crippen LogP contribution in [0.3, 0.4) is 0 Å². The lowest BCUT2D eigenvalue weighted by atomic mass is 10.1. The van der Waals surface area contributed by atoms with E-state index < -0.39 is 0 Å². The summed E-state index contributed by atoms with van der Waals surface area (Å²) in [6, 6.07) is 7.44. The van der Waals surface area contributed by atoms with Crippen molar-refractivity contribution in [1.82, 2.24) is 10.2 Å². The molecule has 0 bridgehead atoms. The van der Waals surface area contributed by atoms with Gasteiger partial charge < -0.3 is 9.73 Å². The number of para-hydroxylation sites is 1. The van der Waals surface area contributed by atoms with Gasteiger partial charge in [-0.05, 0) is 26.2 Å². The van der Waals surface area contributed by atoms with Crippen molar-refractivity contribution in [2.45, 2.75) is 12.1 Å². The molecule has 1 fully saturated rings. The van der Waals surface area contributed by atoms with Gasteiger partial charge in [0.25, 0.3) is 0 Å². The van der Waals surface area contributed by atoms with Gasteiger partial charge in [-0.2, -0.15) is 11.8 Å². The first-order chi connectivity index (χ1) is 9.70. The molecule has 108 valence electrons.